The van der Waals surface area contributed by atoms with Crippen LogP contribution in [0.15, 0.2) is 59.0 Å². The maximum Gasteiger partial charge on any atom is 0.374 e. The number of nitrogens with one attached hydrogen (secondary N) is 1. The number of benzene rings is 2. The van der Waals surface area contributed by atoms with Gasteiger partial charge in [-0.2, -0.15) is 0 Å². The number of carbonyl (C=O) groups excluding carboxylic acids is 2. The van der Waals surface area contributed by atoms with E-state index in [0.717, 1.165) is 6.07 Å². The van der Waals surface area contributed by atoms with Crippen molar-refractivity contribution in [2.75, 3.05) is 11.9 Å². The lowest BCUT2D eigenvalue weighted by molar-refractivity contribution is -0.384. The number of amides is 1. The van der Waals surface area contributed by atoms with Crippen LogP contribution in [0.25, 0.3) is 11.3 Å². The van der Waals surface area contributed by atoms with Crippen molar-refractivity contribution < 1.29 is 28.1 Å². The molecule has 1 N–H and O–H groups in total. The number of hydrogen-bond acceptors (Lipinski definition) is 6. The quantitative estimate of drug-likeness (QED) is 0.360. The van der Waals surface area contributed by atoms with Crippen molar-refractivity contribution in [2.24, 2.45) is 0 Å². The van der Waals surface area contributed by atoms with Gasteiger partial charge in [-0.05, 0) is 42.5 Å². The third-order valence-corrected chi connectivity index (χ3v) is 3.94. The maximum absolute atomic E-state index is 13.6. The lowest BCUT2D eigenvalue weighted by Crippen LogP contribution is -2.21. The standard InChI is InChI=1S/C19H12ClFN2O6/c20-12-3-6-14(21)15(9-12)22-18(24)10-28-19(25)17-8-7-16(29-17)11-1-4-13(5-2-11)23(26)27/h1-9H,10H2,(H,22,24). The lowest BCUT2D eigenvalue weighted by atomic mass is 10.1. The third-order valence-electron chi connectivity index (χ3n) is 3.71. The number of hydrogen-bond donors (Lipinski definition) is 1. The van der Waals surface area contributed by atoms with E-state index in [4.69, 9.17) is 20.8 Å². The number of non-ortho nitro benzene ring substituents is 1. The molecular weight excluding hydrogens is 407 g/mol. The van der Waals surface area contributed by atoms with E-state index < -0.39 is 29.2 Å². The van der Waals surface area contributed by atoms with Gasteiger partial charge in [0.05, 0.1) is 10.6 Å². The minimum absolute atomic E-state index is 0.0814. The first-order valence-electron chi connectivity index (χ1n) is 8.10. The van der Waals surface area contributed by atoms with Crippen LogP contribution in [0.5, 0.6) is 0 Å². The van der Waals surface area contributed by atoms with E-state index in [1.165, 1.54) is 48.5 Å². The Morgan fingerprint density at radius 1 is 1.14 bits per heavy atom. The van der Waals surface area contributed by atoms with Gasteiger partial charge in [0, 0.05) is 22.7 Å². The molecule has 0 saturated carbocycles. The van der Waals surface area contributed by atoms with Crippen molar-refractivity contribution in [1.29, 1.82) is 0 Å². The van der Waals surface area contributed by atoms with Gasteiger partial charge >= 0.3 is 5.97 Å². The second kappa shape index (κ2) is 8.53. The van der Waals surface area contributed by atoms with E-state index in [-0.39, 0.29) is 27.9 Å². The smallest absolute Gasteiger partial charge is 0.374 e. The fourth-order valence-electron chi connectivity index (χ4n) is 2.33. The third kappa shape index (κ3) is 4.96. The van der Waals surface area contributed by atoms with Gasteiger partial charge in [0.1, 0.15) is 11.6 Å². The number of esters is 1. The van der Waals surface area contributed by atoms with Crippen molar-refractivity contribution in [2.45, 2.75) is 0 Å². The van der Waals surface area contributed by atoms with Crippen LogP contribution in [-0.2, 0) is 9.53 Å². The molecule has 0 spiro atoms. The minimum atomic E-state index is -0.903. The molecule has 148 valence electrons. The zero-order valence-corrected chi connectivity index (χ0v) is 15.3. The summed E-state index contributed by atoms with van der Waals surface area (Å²) >= 11 is 5.74. The fourth-order valence-corrected chi connectivity index (χ4v) is 2.50. The lowest BCUT2D eigenvalue weighted by Gasteiger charge is -2.07. The van der Waals surface area contributed by atoms with Crippen LogP contribution >= 0.6 is 11.6 Å². The Morgan fingerprint density at radius 3 is 2.55 bits per heavy atom. The fraction of sp³-hybridized carbons (Fsp3) is 0.0526. The number of rotatable bonds is 6. The summed E-state index contributed by atoms with van der Waals surface area (Å²) in [4.78, 5) is 34.0. The van der Waals surface area contributed by atoms with E-state index in [1.54, 1.807) is 0 Å². The molecule has 2 aromatic carbocycles. The normalized spacial score (nSPS) is 10.4. The van der Waals surface area contributed by atoms with Gasteiger partial charge < -0.3 is 14.5 Å². The first-order valence-corrected chi connectivity index (χ1v) is 8.48. The molecule has 1 heterocycles. The predicted molar refractivity (Wildman–Crippen MR) is 101 cm³/mol. The summed E-state index contributed by atoms with van der Waals surface area (Å²) in [5.41, 5.74) is 0.294. The van der Waals surface area contributed by atoms with Crippen LogP contribution in [0, 0.1) is 15.9 Å². The molecule has 0 atom stereocenters. The van der Waals surface area contributed by atoms with Gasteiger partial charge in [-0.15, -0.1) is 0 Å². The number of nitro groups is 1. The van der Waals surface area contributed by atoms with Crippen LogP contribution in [0.1, 0.15) is 10.6 Å². The molecule has 0 fully saturated rings. The monoisotopic (exact) mass is 418 g/mol. The van der Waals surface area contributed by atoms with Gasteiger partial charge in [-0.25, -0.2) is 9.18 Å². The van der Waals surface area contributed by atoms with Crippen molar-refractivity contribution in [3.8, 4) is 11.3 Å². The Balaban J connectivity index is 1.59. The molecule has 1 amide bonds. The molecule has 0 saturated heterocycles. The van der Waals surface area contributed by atoms with Crippen LogP contribution in [0.2, 0.25) is 5.02 Å². The molecule has 0 radical (unpaired) electrons. The van der Waals surface area contributed by atoms with E-state index in [9.17, 15) is 24.1 Å². The van der Waals surface area contributed by atoms with E-state index >= 15 is 0 Å². The molecule has 10 heteroatoms. The van der Waals surface area contributed by atoms with E-state index in [1.807, 2.05) is 0 Å². The first-order chi connectivity index (χ1) is 13.8. The first kappa shape index (κ1) is 20.0. The van der Waals surface area contributed by atoms with Gasteiger partial charge in [-0.3, -0.25) is 14.9 Å². The zero-order chi connectivity index (χ0) is 21.0. The van der Waals surface area contributed by atoms with Crippen molar-refractivity contribution >= 4 is 34.9 Å². The Hall–Kier alpha value is -3.72. The highest BCUT2D eigenvalue weighted by Crippen LogP contribution is 2.25. The summed E-state index contributed by atoms with van der Waals surface area (Å²) in [5, 5.41) is 13.2. The number of nitro benzene ring substituents is 1. The summed E-state index contributed by atoms with van der Waals surface area (Å²) in [7, 11) is 0. The van der Waals surface area contributed by atoms with Crippen LogP contribution in [0.3, 0.4) is 0 Å². The summed E-state index contributed by atoms with van der Waals surface area (Å²) < 4.78 is 23.8. The molecule has 29 heavy (non-hydrogen) atoms. The molecule has 3 aromatic rings. The molecule has 0 unspecified atom stereocenters. The van der Waals surface area contributed by atoms with Gasteiger partial charge in [-0.1, -0.05) is 11.6 Å². The Bertz CT molecular complexity index is 1080. The van der Waals surface area contributed by atoms with Gasteiger partial charge in [0.2, 0.25) is 5.76 Å². The average molecular weight is 419 g/mol. The Labute approximate surface area is 168 Å². The van der Waals surface area contributed by atoms with Crippen LogP contribution in [-0.4, -0.2) is 23.4 Å². The minimum Gasteiger partial charge on any atom is -0.450 e. The van der Waals surface area contributed by atoms with Crippen LogP contribution < -0.4 is 5.32 Å². The number of nitrogens with zero attached hydrogens (tertiary/aromatic N) is 1. The second-order valence-corrected chi connectivity index (χ2v) is 6.15. The highest BCUT2D eigenvalue weighted by molar-refractivity contribution is 6.30. The number of furan rings is 1. The highest BCUT2D eigenvalue weighted by atomic mass is 35.5. The van der Waals surface area contributed by atoms with E-state index in [2.05, 4.69) is 5.32 Å². The van der Waals surface area contributed by atoms with Crippen molar-refractivity contribution in [3.05, 3.63) is 81.3 Å². The Kier molecular flexibility index (Phi) is 5.89. The topological polar surface area (TPSA) is 112 Å². The zero-order valence-electron chi connectivity index (χ0n) is 14.6. The highest BCUT2D eigenvalue weighted by Gasteiger charge is 2.17. The molecule has 3 rings (SSSR count). The summed E-state index contributed by atoms with van der Waals surface area (Å²) in [5.74, 6) is -2.23. The van der Waals surface area contributed by atoms with Gasteiger partial charge in [0.25, 0.3) is 11.6 Å². The average Bonchev–Trinajstić information content (AvgIpc) is 3.19. The SMILES string of the molecule is O=C(COC(=O)c1ccc(-c2ccc([N+](=O)[O-])cc2)o1)Nc1cc(Cl)ccc1F. The second-order valence-electron chi connectivity index (χ2n) is 5.72. The maximum atomic E-state index is 13.6. The molecule has 1 aromatic heterocycles. The van der Waals surface area contributed by atoms with Crippen molar-refractivity contribution in [3.63, 3.8) is 0 Å². The van der Waals surface area contributed by atoms with E-state index in [0.29, 0.717) is 5.56 Å². The number of ether oxygens (including phenoxy) is 1. The molecule has 0 aliphatic heterocycles. The van der Waals surface area contributed by atoms with Crippen molar-refractivity contribution in [1.82, 2.24) is 0 Å². The molecule has 8 nitrogen and oxygen atoms in total. The predicted octanol–water partition coefficient (Wildman–Crippen LogP) is 4.44. The summed E-state index contributed by atoms with van der Waals surface area (Å²) in [6.45, 7) is -0.668. The number of carbonyl (C=O) groups is 2. The Morgan fingerprint density at radius 2 is 1.86 bits per heavy atom. The molecule has 0 aliphatic carbocycles. The number of halogens is 2. The largest absolute Gasteiger partial charge is 0.450 e. The summed E-state index contributed by atoms with van der Waals surface area (Å²) in [6.07, 6.45) is 0. The molecule has 0 aliphatic rings. The van der Waals surface area contributed by atoms with Crippen LogP contribution in [0.4, 0.5) is 15.8 Å². The summed E-state index contributed by atoms with van der Waals surface area (Å²) in [6, 6.07) is 12.0. The van der Waals surface area contributed by atoms with Gasteiger partial charge in [0.15, 0.2) is 6.61 Å². The molecular formula is C19H12ClFN2O6. The molecule has 0 bridgehead atoms. The number of anilines is 1.